The molecule has 0 spiro atoms. The minimum atomic E-state index is -0.453. The van der Waals surface area contributed by atoms with Crippen molar-refractivity contribution >= 4 is 11.8 Å². The van der Waals surface area contributed by atoms with E-state index in [1.165, 1.54) is 6.33 Å². The fourth-order valence-electron chi connectivity index (χ4n) is 1.95. The van der Waals surface area contributed by atoms with Crippen LogP contribution in [0.4, 0.5) is 5.82 Å². The molecule has 0 fully saturated rings. The van der Waals surface area contributed by atoms with Gasteiger partial charge in [-0.25, -0.2) is 20.2 Å². The number of rotatable bonds is 7. The molecule has 0 amide bonds. The van der Waals surface area contributed by atoms with Crippen molar-refractivity contribution < 1.29 is 14.4 Å². The lowest BCUT2D eigenvalue weighted by Gasteiger charge is -2.12. The molecule has 0 aliphatic carbocycles. The molecule has 1 heterocycles. The van der Waals surface area contributed by atoms with Crippen LogP contribution in [-0.4, -0.2) is 22.5 Å². The zero-order valence-corrected chi connectivity index (χ0v) is 12.7. The molecule has 116 valence electrons. The summed E-state index contributed by atoms with van der Waals surface area (Å²) in [6.45, 7) is 4.32. The van der Waals surface area contributed by atoms with Gasteiger partial charge in [-0.15, -0.1) is 0 Å². The fraction of sp³-hybridized carbons (Fsp3) is 0.312. The Bertz CT molecular complexity index is 617. The van der Waals surface area contributed by atoms with E-state index in [0.717, 1.165) is 5.56 Å². The molecule has 6 heteroatoms. The van der Waals surface area contributed by atoms with Crippen LogP contribution in [0.5, 0.6) is 0 Å². The normalized spacial score (nSPS) is 10.3. The van der Waals surface area contributed by atoms with E-state index in [0.29, 0.717) is 36.7 Å². The van der Waals surface area contributed by atoms with E-state index >= 15 is 0 Å². The van der Waals surface area contributed by atoms with Crippen LogP contribution < -0.4 is 5.48 Å². The van der Waals surface area contributed by atoms with Crippen molar-refractivity contribution in [2.75, 3.05) is 12.1 Å². The van der Waals surface area contributed by atoms with Crippen molar-refractivity contribution in [1.29, 1.82) is 0 Å². The summed E-state index contributed by atoms with van der Waals surface area (Å²) in [4.78, 5) is 25.7. The Balaban J connectivity index is 2.11. The van der Waals surface area contributed by atoms with E-state index in [1.807, 2.05) is 37.3 Å². The quantitative estimate of drug-likeness (QED) is 0.626. The third-order valence-electron chi connectivity index (χ3n) is 2.99. The standard InChI is InChI=1S/C16H19N3O3/c1-3-13-14(16(20)21-4-2)15(18-11-17-13)19-22-10-12-8-6-5-7-9-12/h5-9,11H,3-4,10H2,1-2H3,(H,17,18,19). The molecule has 0 unspecified atom stereocenters. The summed E-state index contributed by atoms with van der Waals surface area (Å²) >= 11 is 0. The molecule has 2 rings (SSSR count). The van der Waals surface area contributed by atoms with Crippen LogP contribution in [0.25, 0.3) is 0 Å². The number of ether oxygens (including phenoxy) is 1. The highest BCUT2D eigenvalue weighted by atomic mass is 16.6. The Hall–Kier alpha value is -2.47. The van der Waals surface area contributed by atoms with Crippen molar-refractivity contribution in [3.05, 3.63) is 53.5 Å². The lowest BCUT2D eigenvalue weighted by atomic mass is 10.2. The fourth-order valence-corrected chi connectivity index (χ4v) is 1.95. The number of benzene rings is 1. The number of anilines is 1. The first-order valence-corrected chi connectivity index (χ1v) is 7.19. The molecule has 1 N–H and O–H groups in total. The number of hydrogen-bond donors (Lipinski definition) is 1. The molecule has 0 atom stereocenters. The molecule has 6 nitrogen and oxygen atoms in total. The van der Waals surface area contributed by atoms with Gasteiger partial charge >= 0.3 is 5.97 Å². The molecule has 1 aromatic carbocycles. The Labute approximate surface area is 129 Å². The Kier molecular flexibility index (Phi) is 5.85. The zero-order chi connectivity index (χ0) is 15.8. The summed E-state index contributed by atoms with van der Waals surface area (Å²) in [5.41, 5.74) is 4.68. The summed E-state index contributed by atoms with van der Waals surface area (Å²) in [7, 11) is 0. The van der Waals surface area contributed by atoms with Crippen LogP contribution in [-0.2, 0) is 22.6 Å². The molecular weight excluding hydrogens is 282 g/mol. The Morgan fingerprint density at radius 1 is 1.18 bits per heavy atom. The molecule has 0 saturated carbocycles. The Morgan fingerprint density at radius 3 is 2.64 bits per heavy atom. The molecule has 22 heavy (non-hydrogen) atoms. The second-order valence-electron chi connectivity index (χ2n) is 4.49. The van der Waals surface area contributed by atoms with E-state index in [-0.39, 0.29) is 0 Å². The lowest BCUT2D eigenvalue weighted by molar-refractivity contribution is 0.0523. The first kappa shape index (κ1) is 15.9. The van der Waals surface area contributed by atoms with Gasteiger partial charge in [0.15, 0.2) is 5.82 Å². The zero-order valence-electron chi connectivity index (χ0n) is 12.7. The smallest absolute Gasteiger partial charge is 0.343 e. The molecule has 0 saturated heterocycles. The molecular formula is C16H19N3O3. The highest BCUT2D eigenvalue weighted by molar-refractivity contribution is 5.95. The van der Waals surface area contributed by atoms with Crippen molar-refractivity contribution in [3.8, 4) is 0 Å². The monoisotopic (exact) mass is 301 g/mol. The average Bonchev–Trinajstić information content (AvgIpc) is 2.55. The van der Waals surface area contributed by atoms with Crippen molar-refractivity contribution in [2.45, 2.75) is 26.9 Å². The van der Waals surface area contributed by atoms with E-state index in [1.54, 1.807) is 6.92 Å². The topological polar surface area (TPSA) is 73.3 Å². The molecule has 1 aromatic heterocycles. The summed E-state index contributed by atoms with van der Waals surface area (Å²) in [6, 6.07) is 9.70. The number of aromatic nitrogens is 2. The van der Waals surface area contributed by atoms with E-state index in [9.17, 15) is 4.79 Å². The van der Waals surface area contributed by atoms with Gasteiger partial charge in [0.25, 0.3) is 0 Å². The molecule has 0 aliphatic rings. The van der Waals surface area contributed by atoms with E-state index < -0.39 is 5.97 Å². The largest absolute Gasteiger partial charge is 0.462 e. The van der Waals surface area contributed by atoms with Crippen LogP contribution in [0, 0.1) is 0 Å². The van der Waals surface area contributed by atoms with Crippen molar-refractivity contribution in [2.24, 2.45) is 0 Å². The highest BCUT2D eigenvalue weighted by Gasteiger charge is 2.19. The number of esters is 1. The number of carbonyl (C=O) groups is 1. The summed E-state index contributed by atoms with van der Waals surface area (Å²) in [5, 5.41) is 0. The van der Waals surface area contributed by atoms with Gasteiger partial charge in [0.05, 0.1) is 18.9 Å². The number of carbonyl (C=O) groups excluding carboxylic acids is 1. The molecule has 0 bridgehead atoms. The first-order valence-electron chi connectivity index (χ1n) is 7.19. The third kappa shape index (κ3) is 4.02. The number of hydrogen-bond acceptors (Lipinski definition) is 6. The molecule has 0 aliphatic heterocycles. The SMILES string of the molecule is CCOC(=O)c1c(CC)ncnc1NOCc1ccccc1. The van der Waals surface area contributed by atoms with Gasteiger partial charge in [-0.1, -0.05) is 37.3 Å². The summed E-state index contributed by atoms with van der Waals surface area (Å²) < 4.78 is 5.06. The third-order valence-corrected chi connectivity index (χ3v) is 2.99. The van der Waals surface area contributed by atoms with Crippen LogP contribution >= 0.6 is 0 Å². The second-order valence-corrected chi connectivity index (χ2v) is 4.49. The minimum absolute atomic E-state index is 0.293. The molecule has 0 radical (unpaired) electrons. The van der Waals surface area contributed by atoms with E-state index in [4.69, 9.17) is 9.57 Å². The van der Waals surface area contributed by atoms with Gasteiger partial charge in [0.1, 0.15) is 11.9 Å². The summed E-state index contributed by atoms with van der Waals surface area (Å²) in [6.07, 6.45) is 2.00. The van der Waals surface area contributed by atoms with Crippen LogP contribution in [0.3, 0.4) is 0 Å². The predicted molar refractivity (Wildman–Crippen MR) is 82.2 cm³/mol. The Morgan fingerprint density at radius 2 is 1.95 bits per heavy atom. The van der Waals surface area contributed by atoms with Gasteiger partial charge in [-0.3, -0.25) is 4.84 Å². The van der Waals surface area contributed by atoms with Gasteiger partial charge < -0.3 is 4.74 Å². The minimum Gasteiger partial charge on any atom is -0.462 e. The maximum atomic E-state index is 12.1. The maximum absolute atomic E-state index is 12.1. The average molecular weight is 301 g/mol. The number of aryl methyl sites for hydroxylation is 1. The van der Waals surface area contributed by atoms with Gasteiger partial charge in [-0.2, -0.15) is 0 Å². The predicted octanol–water partition coefficient (Wildman–Crippen LogP) is 2.76. The second kappa shape index (κ2) is 8.09. The van der Waals surface area contributed by atoms with Gasteiger partial charge in [0, 0.05) is 0 Å². The number of nitrogens with zero attached hydrogens (tertiary/aromatic N) is 2. The first-order chi connectivity index (χ1) is 10.8. The number of nitrogens with one attached hydrogen (secondary N) is 1. The molecule has 2 aromatic rings. The van der Waals surface area contributed by atoms with Crippen molar-refractivity contribution in [3.63, 3.8) is 0 Å². The van der Waals surface area contributed by atoms with Crippen molar-refractivity contribution in [1.82, 2.24) is 9.97 Å². The highest BCUT2D eigenvalue weighted by Crippen LogP contribution is 2.18. The van der Waals surface area contributed by atoms with E-state index in [2.05, 4.69) is 15.4 Å². The maximum Gasteiger partial charge on any atom is 0.343 e. The summed E-state index contributed by atoms with van der Waals surface area (Å²) in [5.74, 6) is -0.132. The van der Waals surface area contributed by atoms with Gasteiger partial charge in [-0.05, 0) is 18.9 Å². The van der Waals surface area contributed by atoms with Gasteiger partial charge in [0.2, 0.25) is 0 Å². The lowest BCUT2D eigenvalue weighted by Crippen LogP contribution is -2.15. The van der Waals surface area contributed by atoms with Crippen LogP contribution in [0.1, 0.15) is 35.5 Å². The van der Waals surface area contributed by atoms with Crippen LogP contribution in [0.2, 0.25) is 0 Å². The van der Waals surface area contributed by atoms with Crippen LogP contribution in [0.15, 0.2) is 36.7 Å².